The van der Waals surface area contributed by atoms with Crippen LogP contribution in [-0.2, 0) is 0 Å². The van der Waals surface area contributed by atoms with Gasteiger partial charge < -0.3 is 4.74 Å². The summed E-state index contributed by atoms with van der Waals surface area (Å²) in [4.78, 5) is 13.4. The smallest absolute Gasteiger partial charge is 0.291 e. The van der Waals surface area contributed by atoms with Crippen molar-refractivity contribution >= 4 is 5.69 Å². The molecule has 1 aromatic carbocycles. The van der Waals surface area contributed by atoms with Crippen LogP contribution in [0.5, 0.6) is 11.5 Å². The van der Waals surface area contributed by atoms with Crippen LogP contribution in [-0.4, -0.2) is 9.91 Å². The lowest BCUT2D eigenvalue weighted by Gasteiger charge is -2.05. The molecule has 7 heteroatoms. The minimum Gasteiger partial charge on any atom is -0.452 e. The van der Waals surface area contributed by atoms with Crippen molar-refractivity contribution in [3.8, 4) is 11.5 Å². The molecule has 2 aromatic rings. The van der Waals surface area contributed by atoms with Gasteiger partial charge >= 0.3 is 0 Å². The van der Waals surface area contributed by atoms with Crippen molar-refractivity contribution in [2.45, 2.75) is 0 Å². The fourth-order valence-electron chi connectivity index (χ4n) is 1.25. The van der Waals surface area contributed by atoms with Gasteiger partial charge in [-0.25, -0.2) is 8.78 Å². The highest BCUT2D eigenvalue weighted by atomic mass is 19.1. The number of nitrogens with zero attached hydrogens (tertiary/aromatic N) is 2. The Morgan fingerprint density at radius 3 is 2.67 bits per heavy atom. The van der Waals surface area contributed by atoms with Crippen LogP contribution in [0.15, 0.2) is 36.7 Å². The molecule has 0 N–H and O–H groups in total. The minimum atomic E-state index is -0.901. The van der Waals surface area contributed by atoms with Crippen molar-refractivity contribution < 1.29 is 18.4 Å². The van der Waals surface area contributed by atoms with Crippen molar-refractivity contribution in [2.75, 3.05) is 0 Å². The van der Waals surface area contributed by atoms with E-state index in [9.17, 15) is 18.9 Å². The van der Waals surface area contributed by atoms with Crippen molar-refractivity contribution in [2.24, 2.45) is 0 Å². The van der Waals surface area contributed by atoms with Crippen LogP contribution in [0.4, 0.5) is 14.5 Å². The van der Waals surface area contributed by atoms with E-state index < -0.39 is 16.6 Å². The molecule has 0 saturated heterocycles. The lowest BCUT2D eigenvalue weighted by atomic mass is 10.3. The molecule has 2 rings (SSSR count). The zero-order valence-electron chi connectivity index (χ0n) is 8.84. The molecule has 0 spiro atoms. The topological polar surface area (TPSA) is 65.3 Å². The monoisotopic (exact) mass is 252 g/mol. The normalized spacial score (nSPS) is 10.1. The fraction of sp³-hybridized carbons (Fsp3) is 0. The van der Waals surface area contributed by atoms with Gasteiger partial charge in [0.25, 0.3) is 5.69 Å². The average molecular weight is 252 g/mol. The van der Waals surface area contributed by atoms with Crippen molar-refractivity contribution in [1.82, 2.24) is 4.98 Å². The first-order valence-electron chi connectivity index (χ1n) is 4.78. The second-order valence-electron chi connectivity index (χ2n) is 3.31. The quantitative estimate of drug-likeness (QED) is 0.622. The van der Waals surface area contributed by atoms with Gasteiger partial charge in [-0.15, -0.1) is 0 Å². The Hall–Kier alpha value is -2.57. The lowest BCUT2D eigenvalue weighted by Crippen LogP contribution is -1.93. The Labute approximate surface area is 99.8 Å². The highest BCUT2D eigenvalue weighted by Crippen LogP contribution is 2.26. The molecule has 0 aliphatic carbocycles. The van der Waals surface area contributed by atoms with Crippen LogP contribution in [0, 0.1) is 21.7 Å². The molecular weight excluding hydrogens is 246 g/mol. The molecule has 0 atom stereocenters. The van der Waals surface area contributed by atoms with Crippen LogP contribution in [0.3, 0.4) is 0 Å². The molecular formula is C11H6F2N2O3. The van der Waals surface area contributed by atoms with Crippen molar-refractivity contribution in [3.05, 3.63) is 58.4 Å². The SMILES string of the molecule is O=[N+]([O-])c1cncc(Oc2ccc(F)cc2F)c1. The number of aromatic nitrogens is 1. The predicted octanol–water partition coefficient (Wildman–Crippen LogP) is 3.06. The molecule has 0 fully saturated rings. The number of pyridine rings is 1. The van der Waals surface area contributed by atoms with Gasteiger partial charge in [0.15, 0.2) is 17.3 Å². The molecule has 0 unspecified atom stereocenters. The summed E-state index contributed by atoms with van der Waals surface area (Å²) in [6.45, 7) is 0. The van der Waals surface area contributed by atoms with Crippen LogP contribution in [0.1, 0.15) is 0 Å². The first-order valence-corrected chi connectivity index (χ1v) is 4.78. The van der Waals surface area contributed by atoms with Crippen LogP contribution < -0.4 is 4.74 Å². The third kappa shape index (κ3) is 2.57. The zero-order chi connectivity index (χ0) is 13.1. The highest BCUT2D eigenvalue weighted by molar-refractivity contribution is 5.37. The summed E-state index contributed by atoms with van der Waals surface area (Å²) in [6.07, 6.45) is 2.23. The molecule has 0 radical (unpaired) electrons. The lowest BCUT2D eigenvalue weighted by molar-refractivity contribution is -0.385. The number of benzene rings is 1. The summed E-state index contributed by atoms with van der Waals surface area (Å²) >= 11 is 0. The Kier molecular flexibility index (Phi) is 3.13. The van der Waals surface area contributed by atoms with Crippen LogP contribution >= 0.6 is 0 Å². The van der Waals surface area contributed by atoms with E-state index in [1.54, 1.807) is 0 Å². The Balaban J connectivity index is 2.28. The van der Waals surface area contributed by atoms with E-state index >= 15 is 0 Å². The van der Waals surface area contributed by atoms with E-state index in [1.807, 2.05) is 0 Å². The van der Waals surface area contributed by atoms with Gasteiger partial charge in [-0.1, -0.05) is 0 Å². The van der Waals surface area contributed by atoms with Crippen molar-refractivity contribution in [3.63, 3.8) is 0 Å². The van der Waals surface area contributed by atoms with E-state index in [1.165, 1.54) is 6.20 Å². The summed E-state index contributed by atoms with van der Waals surface area (Å²) in [5.41, 5.74) is -0.282. The Morgan fingerprint density at radius 1 is 1.22 bits per heavy atom. The molecule has 5 nitrogen and oxygen atoms in total. The molecule has 1 heterocycles. The third-order valence-electron chi connectivity index (χ3n) is 2.03. The number of hydrogen-bond donors (Lipinski definition) is 0. The summed E-state index contributed by atoms with van der Waals surface area (Å²) in [7, 11) is 0. The highest BCUT2D eigenvalue weighted by Gasteiger charge is 2.10. The number of nitro groups is 1. The largest absolute Gasteiger partial charge is 0.452 e. The van der Waals surface area contributed by atoms with Crippen LogP contribution in [0.2, 0.25) is 0 Å². The van der Waals surface area contributed by atoms with Crippen LogP contribution in [0.25, 0.3) is 0 Å². The van der Waals surface area contributed by atoms with Gasteiger partial charge in [0.2, 0.25) is 0 Å². The molecule has 0 aliphatic heterocycles. The maximum Gasteiger partial charge on any atom is 0.291 e. The van der Waals surface area contributed by atoms with E-state index in [0.29, 0.717) is 6.07 Å². The molecule has 92 valence electrons. The molecule has 0 bridgehead atoms. The molecule has 1 aromatic heterocycles. The molecule has 0 aliphatic rings. The second-order valence-corrected chi connectivity index (χ2v) is 3.31. The number of rotatable bonds is 3. The molecule has 0 saturated carbocycles. The van der Waals surface area contributed by atoms with Gasteiger partial charge in [-0.3, -0.25) is 15.1 Å². The summed E-state index contributed by atoms with van der Waals surface area (Å²) < 4.78 is 31.0. The second kappa shape index (κ2) is 4.74. The first kappa shape index (κ1) is 11.9. The number of halogens is 2. The van der Waals surface area contributed by atoms with Crippen molar-refractivity contribution in [1.29, 1.82) is 0 Å². The standard InChI is InChI=1S/C11H6F2N2O3/c12-7-1-2-11(10(13)3-7)18-9-4-8(15(16)17)5-14-6-9/h1-6H. The summed E-state index contributed by atoms with van der Waals surface area (Å²) in [6, 6.07) is 3.85. The Morgan fingerprint density at radius 2 is 2.00 bits per heavy atom. The number of hydrogen-bond acceptors (Lipinski definition) is 4. The van der Waals surface area contributed by atoms with Gasteiger partial charge in [0.05, 0.1) is 17.2 Å². The third-order valence-corrected chi connectivity index (χ3v) is 2.03. The van der Waals surface area contributed by atoms with Gasteiger partial charge in [0, 0.05) is 6.07 Å². The summed E-state index contributed by atoms with van der Waals surface area (Å²) in [5, 5.41) is 10.5. The predicted molar refractivity (Wildman–Crippen MR) is 57.3 cm³/mol. The maximum absolute atomic E-state index is 13.3. The van der Waals surface area contributed by atoms with E-state index in [-0.39, 0.29) is 17.2 Å². The van der Waals surface area contributed by atoms with E-state index in [4.69, 9.17) is 4.74 Å². The van der Waals surface area contributed by atoms with Gasteiger partial charge in [-0.2, -0.15) is 0 Å². The first-order chi connectivity index (χ1) is 8.56. The summed E-state index contributed by atoms with van der Waals surface area (Å²) in [5.74, 6) is -1.88. The van der Waals surface area contributed by atoms with E-state index in [2.05, 4.69) is 4.98 Å². The molecule has 18 heavy (non-hydrogen) atoms. The van der Waals surface area contributed by atoms with Gasteiger partial charge in [0.1, 0.15) is 12.0 Å². The maximum atomic E-state index is 13.3. The zero-order valence-corrected chi connectivity index (χ0v) is 8.84. The molecule has 0 amide bonds. The minimum absolute atomic E-state index is 0.00490. The van der Waals surface area contributed by atoms with E-state index in [0.717, 1.165) is 24.4 Å². The Bertz CT molecular complexity index is 605. The fourth-order valence-corrected chi connectivity index (χ4v) is 1.25. The average Bonchev–Trinajstić information content (AvgIpc) is 2.33. The number of ether oxygens (including phenoxy) is 1. The van der Waals surface area contributed by atoms with Gasteiger partial charge in [-0.05, 0) is 12.1 Å².